The van der Waals surface area contributed by atoms with Crippen molar-refractivity contribution < 1.29 is 105 Å². The molecule has 520 valence electrons. The van der Waals surface area contributed by atoms with E-state index in [9.17, 15) is 106 Å². The predicted molar refractivity (Wildman–Crippen MR) is 346 cm³/mol. The molecule has 49 heteroatoms. The Bertz CT molecular complexity index is 4940. The molecule has 0 unspecified atom stereocenters. The van der Waals surface area contributed by atoms with Gasteiger partial charge in [-0.2, -0.15) is 79.0 Å². The molecule has 0 spiro atoms. The number of nitrogen functional groups attached to an aromatic ring is 1. The van der Waals surface area contributed by atoms with Crippen LogP contribution in [0.4, 0.5) is 80.4 Å². The number of nitrogens with two attached hydrogens (primary N) is 1. The van der Waals surface area contributed by atoms with E-state index in [2.05, 4.69) is 66.9 Å². The minimum atomic E-state index is -5.25. The number of aromatic nitrogens is 3. The number of hydrogen-bond donors (Lipinski definition) is 12. The van der Waals surface area contributed by atoms with Crippen LogP contribution in [-0.4, -0.2) is 164 Å². The number of carbonyl (C=O) groups is 1. The molecule has 6 aromatic rings. The van der Waals surface area contributed by atoms with Crippen molar-refractivity contribution in [2.45, 2.75) is 57.6 Å². The lowest BCUT2D eigenvalue weighted by atomic mass is 10.1. The summed E-state index contributed by atoms with van der Waals surface area (Å²) in [4.78, 5) is 32.9. The minimum Gasteiger partial charge on any atom is -0.491 e. The molecular formula is C47H53N15O25S9. The monoisotopic (exact) mass is 1520 g/mol. The number of rotatable bonds is 34. The van der Waals surface area contributed by atoms with Gasteiger partial charge in [0.2, 0.25) is 23.8 Å². The highest BCUT2D eigenvalue weighted by Gasteiger charge is 2.25. The van der Waals surface area contributed by atoms with Gasteiger partial charge in [0.25, 0.3) is 76.5 Å². The number of aryl methyl sites for hydroxylation is 1. The zero-order valence-electron chi connectivity index (χ0n) is 48.9. The molecule has 96 heavy (non-hydrogen) atoms. The van der Waals surface area contributed by atoms with Crippen LogP contribution in [0.3, 0.4) is 0 Å². The molecule has 1 amide bonds. The van der Waals surface area contributed by atoms with Crippen molar-refractivity contribution in [1.82, 2.24) is 15.0 Å². The number of nitro groups is 1. The second-order valence-corrected chi connectivity index (χ2v) is 32.1. The smallest absolute Gasteiger partial charge is 0.297 e. The first-order valence-corrected chi connectivity index (χ1v) is 39.0. The second-order valence-electron chi connectivity index (χ2n) is 19.4. The van der Waals surface area contributed by atoms with Crippen molar-refractivity contribution in [3.8, 4) is 5.75 Å². The number of nitrogens with one attached hydrogen (secondary N) is 4. The van der Waals surface area contributed by atoms with Gasteiger partial charge in [-0.05, 0) is 97.9 Å². The van der Waals surface area contributed by atoms with E-state index in [4.69, 9.17) is 10.5 Å². The van der Waals surface area contributed by atoms with Crippen LogP contribution in [0.15, 0.2) is 128 Å². The molecular weight excluding hydrogens is 1460 g/mol. The zero-order chi connectivity index (χ0) is 71.4. The summed E-state index contributed by atoms with van der Waals surface area (Å²) in [5, 5.41) is 47.2. The van der Waals surface area contributed by atoms with E-state index in [-0.39, 0.29) is 98.4 Å². The van der Waals surface area contributed by atoms with Crippen LogP contribution in [0, 0.1) is 17.0 Å². The van der Waals surface area contributed by atoms with Crippen LogP contribution < -0.4 is 31.7 Å². The van der Waals surface area contributed by atoms with E-state index in [0.29, 0.717) is 29.8 Å². The summed E-state index contributed by atoms with van der Waals surface area (Å²) in [6, 6.07) is 11.5. The number of nitrogens with zero attached hydrogens (tertiary/aromatic N) is 10. The molecule has 0 radical (unpaired) electrons. The Hall–Kier alpha value is -8.15. The average Bonchev–Trinajstić information content (AvgIpc) is 0.808. The van der Waals surface area contributed by atoms with Gasteiger partial charge in [-0.15, -0.1) is 49.1 Å². The van der Waals surface area contributed by atoms with Crippen molar-refractivity contribution in [2.24, 2.45) is 30.7 Å². The first-order valence-electron chi connectivity index (χ1n) is 26.3. The summed E-state index contributed by atoms with van der Waals surface area (Å²) in [6.45, 7) is 1.71. The second kappa shape index (κ2) is 31.8. The zero-order valence-corrected chi connectivity index (χ0v) is 56.3. The summed E-state index contributed by atoms with van der Waals surface area (Å²) in [7, 11) is -33.7. The molecule has 0 aliphatic heterocycles. The normalized spacial score (nSPS) is 12.8. The van der Waals surface area contributed by atoms with Gasteiger partial charge in [0.05, 0.1) is 67.9 Å². The Labute approximate surface area is 554 Å². The Morgan fingerprint density at radius 2 is 1.02 bits per heavy atom. The lowest BCUT2D eigenvalue weighted by Gasteiger charge is -2.15. The van der Waals surface area contributed by atoms with Crippen molar-refractivity contribution in [2.75, 3.05) is 74.7 Å². The number of nitro benzene ring substituents is 1. The largest absolute Gasteiger partial charge is 0.491 e. The Morgan fingerprint density at radius 3 is 1.53 bits per heavy atom. The molecule has 40 nitrogen and oxygen atoms in total. The lowest BCUT2D eigenvalue weighted by Crippen LogP contribution is -2.17. The van der Waals surface area contributed by atoms with Crippen LogP contribution in [0.2, 0.25) is 0 Å². The summed E-state index contributed by atoms with van der Waals surface area (Å²) in [5.41, 5.74) is 2.99. The van der Waals surface area contributed by atoms with Gasteiger partial charge in [0.1, 0.15) is 44.0 Å². The minimum absolute atomic E-state index is 0.00681. The van der Waals surface area contributed by atoms with E-state index in [1.807, 2.05) is 0 Å². The highest BCUT2D eigenvalue weighted by atomic mass is 32.2. The maximum absolute atomic E-state index is 12.8. The van der Waals surface area contributed by atoms with Gasteiger partial charge in [-0.1, -0.05) is 0 Å². The lowest BCUT2D eigenvalue weighted by molar-refractivity contribution is -0.385. The number of anilines is 7. The molecule has 0 bridgehead atoms. The van der Waals surface area contributed by atoms with Crippen molar-refractivity contribution in [3.63, 3.8) is 0 Å². The fourth-order valence-corrected chi connectivity index (χ4v) is 13.5. The molecule has 13 N–H and O–H groups in total. The summed E-state index contributed by atoms with van der Waals surface area (Å²) in [5.74, 6) is -6.14. The quantitative estimate of drug-likeness (QED) is 0.00348. The molecule has 0 atom stereocenters. The molecule has 0 saturated carbocycles. The maximum atomic E-state index is 12.8. The van der Waals surface area contributed by atoms with E-state index in [0.717, 1.165) is 48.6 Å². The SMILES string of the molecule is CC(=O)Nc1cc(N=Nc2cc(SCCCS(=O)(=O)O)c(N=Nc3cc(OCCCS(=O)(=O)O)c(N)cc3C)cc2Nc2nc(NCCS(=O)(=O)O)nc(Nc3cc(S(=O)(=O)O)ccc3S(=O)(=O)O)n2)c(SCCCS(=O)(=O)O)cc1N=Nc1ccc([N+](=O)[O-])cc1S(=O)(=O)O. The molecule has 5 aromatic carbocycles. The third-order valence-electron chi connectivity index (χ3n) is 11.7. The molecule has 1 aromatic heterocycles. The van der Waals surface area contributed by atoms with Crippen LogP contribution in [0.5, 0.6) is 5.75 Å². The van der Waals surface area contributed by atoms with Gasteiger partial charge in [-0.3, -0.25) is 46.8 Å². The highest BCUT2D eigenvalue weighted by molar-refractivity contribution is 7.99. The average molecular weight is 1520 g/mol. The topological polar surface area (TPSA) is 637 Å². The van der Waals surface area contributed by atoms with Crippen LogP contribution in [0.25, 0.3) is 0 Å². The van der Waals surface area contributed by atoms with E-state index in [1.54, 1.807) is 6.92 Å². The number of carbonyl (C=O) groups excluding carboxylic acids is 1. The van der Waals surface area contributed by atoms with Gasteiger partial charge in [0.15, 0.2) is 0 Å². The molecule has 0 saturated heterocycles. The molecule has 6 rings (SSSR count). The van der Waals surface area contributed by atoms with Crippen LogP contribution >= 0.6 is 23.5 Å². The molecule has 1 heterocycles. The molecule has 0 fully saturated rings. The van der Waals surface area contributed by atoms with Crippen LogP contribution in [0.1, 0.15) is 31.7 Å². The summed E-state index contributed by atoms with van der Waals surface area (Å²) < 4.78 is 241. The molecule has 0 aliphatic rings. The van der Waals surface area contributed by atoms with Gasteiger partial charge in [0, 0.05) is 41.5 Å². The Balaban J connectivity index is 1.64. The van der Waals surface area contributed by atoms with E-state index >= 15 is 0 Å². The highest BCUT2D eigenvalue weighted by Crippen LogP contribution is 2.45. The van der Waals surface area contributed by atoms with Crippen molar-refractivity contribution in [1.29, 1.82) is 0 Å². The van der Waals surface area contributed by atoms with Gasteiger partial charge >= 0.3 is 0 Å². The third kappa shape index (κ3) is 24.8. The predicted octanol–water partition coefficient (Wildman–Crippen LogP) is 7.80. The number of azo groups is 3. The van der Waals surface area contributed by atoms with Crippen LogP contribution in [-0.2, 0) is 75.6 Å². The fourth-order valence-electron chi connectivity index (χ4n) is 7.58. The maximum Gasteiger partial charge on any atom is 0.297 e. The summed E-state index contributed by atoms with van der Waals surface area (Å²) in [6.07, 6.45) is -0.608. The fraction of sp³-hybridized carbons (Fsp3) is 0.277. The Morgan fingerprint density at radius 1 is 0.542 bits per heavy atom. The third-order valence-corrected chi connectivity index (χ3v) is 19.8. The summed E-state index contributed by atoms with van der Waals surface area (Å²) >= 11 is 1.74. The number of ether oxygens (including phenoxy) is 1. The van der Waals surface area contributed by atoms with E-state index < -0.39 is 161 Å². The standard InChI is InChI=1S/C47H53N15O25S9/c1-26-18-30(48)40(87-11-3-14-90(66,67)68)23-32(26)57-60-38-22-34(51-46-53-45(49-10-17-93(75,76)77)54-47(55-46)52-39-20-29(94(78,79)80)7-9-43(39)95(81,82)83)36(25-42(38)89-13-5-16-92(72,73)74)59-61-37-21-33(50-27(2)63)35(24-41(37)88-12-4-15-91(69,70)71)58-56-31-8-6-28(62(64)65)19-44(31)96(84,85)86/h6-9,18-25H,3-5,10-17,48H2,1-2H3,(H,50,63)(H,66,67,68)(H,69,70,71)(H,72,73,74)(H,75,76,77)(H,78,79,80)(H,81,82,83)(H,84,85,86)(H3,49,51,52,53,54,55). The number of amides is 1. The number of benzene rings is 5. The van der Waals surface area contributed by atoms with Gasteiger partial charge < -0.3 is 31.7 Å². The number of thioether (sulfide) groups is 2. The first kappa shape index (κ1) is 76.9. The van der Waals surface area contributed by atoms with Crippen molar-refractivity contribution >= 4 is 181 Å². The van der Waals surface area contributed by atoms with E-state index in [1.165, 1.54) is 30.3 Å². The van der Waals surface area contributed by atoms with Gasteiger partial charge in [-0.25, -0.2) is 0 Å². The molecule has 0 aliphatic carbocycles. The number of hydrogen-bond acceptors (Lipinski definition) is 33. The number of non-ortho nitro benzene ring substituents is 1. The van der Waals surface area contributed by atoms with Crippen molar-refractivity contribution in [3.05, 3.63) is 88.5 Å². The first-order chi connectivity index (χ1) is 44.4. The Kier molecular flexibility index (Phi) is 25.5.